The summed E-state index contributed by atoms with van der Waals surface area (Å²) in [5, 5.41) is 2.88. The molecule has 0 aliphatic carbocycles. The molecule has 0 bridgehead atoms. The molecule has 0 saturated heterocycles. The summed E-state index contributed by atoms with van der Waals surface area (Å²) in [6.07, 6.45) is 0. The van der Waals surface area contributed by atoms with Gasteiger partial charge in [0.25, 0.3) is 5.91 Å². The highest BCUT2D eigenvalue weighted by Crippen LogP contribution is 2.20. The third-order valence-corrected chi connectivity index (χ3v) is 3.74. The quantitative estimate of drug-likeness (QED) is 0.816. The van der Waals surface area contributed by atoms with Gasteiger partial charge in [0.2, 0.25) is 0 Å². The predicted octanol–water partition coefficient (Wildman–Crippen LogP) is 3.11. The molecule has 1 amide bonds. The minimum Gasteiger partial charge on any atom is -0.398 e. The third kappa shape index (κ3) is 4.31. The predicted molar refractivity (Wildman–Crippen MR) is 86.9 cm³/mol. The van der Waals surface area contributed by atoms with Gasteiger partial charge in [-0.1, -0.05) is 24.3 Å². The van der Waals surface area contributed by atoms with Crippen molar-refractivity contribution in [1.29, 1.82) is 0 Å². The van der Waals surface area contributed by atoms with Crippen LogP contribution in [-0.4, -0.2) is 13.0 Å². The molecule has 21 heavy (non-hydrogen) atoms. The lowest BCUT2D eigenvalue weighted by Gasteiger charge is -2.08. The first kappa shape index (κ1) is 15.5. The molecule has 2 aromatic carbocycles. The fourth-order valence-electron chi connectivity index (χ4n) is 1.97. The minimum absolute atomic E-state index is 0.147. The third-order valence-electron chi connectivity index (χ3n) is 3.01. The van der Waals surface area contributed by atoms with Crippen LogP contribution in [0.1, 0.15) is 21.5 Å². The van der Waals surface area contributed by atoms with E-state index in [2.05, 4.69) is 21.2 Å². The summed E-state index contributed by atoms with van der Waals surface area (Å²) in [6.45, 7) is 1.03. The molecule has 0 unspecified atom stereocenters. The lowest BCUT2D eigenvalue weighted by atomic mass is 10.1. The van der Waals surface area contributed by atoms with E-state index in [4.69, 9.17) is 10.5 Å². The van der Waals surface area contributed by atoms with Crippen LogP contribution in [-0.2, 0) is 17.9 Å². The highest BCUT2D eigenvalue weighted by Gasteiger charge is 2.07. The van der Waals surface area contributed by atoms with Gasteiger partial charge < -0.3 is 15.8 Å². The number of rotatable bonds is 5. The fourth-order valence-corrected chi connectivity index (χ4v) is 2.21. The number of carbonyl (C=O) groups is 1. The molecule has 2 rings (SSSR count). The maximum absolute atomic E-state index is 12.1. The Hall–Kier alpha value is -1.85. The molecular formula is C16H17BrN2O2. The van der Waals surface area contributed by atoms with Crippen LogP contribution in [0.25, 0.3) is 0 Å². The SMILES string of the molecule is COCc1cccc(CNC(=O)c2ccc(Br)c(N)c2)c1. The molecule has 2 aromatic rings. The number of halogens is 1. The van der Waals surface area contributed by atoms with E-state index in [1.54, 1.807) is 25.3 Å². The van der Waals surface area contributed by atoms with Crippen molar-refractivity contribution in [2.45, 2.75) is 13.2 Å². The minimum atomic E-state index is -0.147. The molecule has 0 aromatic heterocycles. The number of nitrogens with two attached hydrogens (primary N) is 1. The zero-order valence-corrected chi connectivity index (χ0v) is 13.3. The molecule has 0 fully saturated rings. The Morgan fingerprint density at radius 1 is 1.24 bits per heavy atom. The number of methoxy groups -OCH3 is 1. The lowest BCUT2D eigenvalue weighted by Crippen LogP contribution is -2.22. The van der Waals surface area contributed by atoms with Gasteiger partial charge >= 0.3 is 0 Å². The van der Waals surface area contributed by atoms with E-state index in [-0.39, 0.29) is 5.91 Å². The highest BCUT2D eigenvalue weighted by molar-refractivity contribution is 9.10. The number of nitrogens with one attached hydrogen (secondary N) is 1. The molecule has 0 atom stereocenters. The van der Waals surface area contributed by atoms with Gasteiger partial charge in [0.15, 0.2) is 0 Å². The van der Waals surface area contributed by atoms with Crippen LogP contribution in [0.5, 0.6) is 0 Å². The zero-order valence-electron chi connectivity index (χ0n) is 11.7. The number of hydrogen-bond acceptors (Lipinski definition) is 3. The molecule has 5 heteroatoms. The van der Waals surface area contributed by atoms with Crippen molar-refractivity contribution in [3.8, 4) is 0 Å². The molecule has 0 aliphatic rings. The van der Waals surface area contributed by atoms with E-state index in [0.29, 0.717) is 24.4 Å². The van der Waals surface area contributed by atoms with Crippen molar-refractivity contribution in [2.24, 2.45) is 0 Å². The first-order chi connectivity index (χ1) is 10.1. The molecule has 4 nitrogen and oxygen atoms in total. The van der Waals surface area contributed by atoms with Crippen molar-refractivity contribution in [3.05, 3.63) is 63.6 Å². The molecule has 0 heterocycles. The molecule has 0 radical (unpaired) electrons. The Balaban J connectivity index is 2.00. The van der Waals surface area contributed by atoms with Crippen LogP contribution >= 0.6 is 15.9 Å². The Morgan fingerprint density at radius 2 is 2.00 bits per heavy atom. The standard InChI is InChI=1S/C16H17BrN2O2/c1-21-10-12-4-2-3-11(7-12)9-19-16(20)13-5-6-14(17)15(18)8-13/h2-8H,9-10,18H2,1H3,(H,19,20). The first-order valence-corrected chi connectivity index (χ1v) is 7.29. The van der Waals surface area contributed by atoms with Crippen LogP contribution in [0.3, 0.4) is 0 Å². The topological polar surface area (TPSA) is 64.3 Å². The summed E-state index contributed by atoms with van der Waals surface area (Å²) in [5.41, 5.74) is 8.98. The molecule has 110 valence electrons. The smallest absolute Gasteiger partial charge is 0.251 e. The van der Waals surface area contributed by atoms with Gasteiger partial charge in [-0.05, 0) is 45.3 Å². The molecular weight excluding hydrogens is 332 g/mol. The van der Waals surface area contributed by atoms with E-state index in [0.717, 1.165) is 15.6 Å². The number of benzene rings is 2. The summed E-state index contributed by atoms with van der Waals surface area (Å²) >= 11 is 3.31. The Bertz CT molecular complexity index is 644. The second-order valence-electron chi connectivity index (χ2n) is 4.67. The van der Waals surface area contributed by atoms with Crippen LogP contribution < -0.4 is 11.1 Å². The molecule has 0 saturated carbocycles. The van der Waals surface area contributed by atoms with Gasteiger partial charge in [-0.25, -0.2) is 0 Å². The fraction of sp³-hybridized carbons (Fsp3) is 0.188. The summed E-state index contributed by atoms with van der Waals surface area (Å²) in [7, 11) is 1.66. The number of amides is 1. The van der Waals surface area contributed by atoms with Gasteiger partial charge in [-0.15, -0.1) is 0 Å². The largest absolute Gasteiger partial charge is 0.398 e. The van der Waals surface area contributed by atoms with Gasteiger partial charge in [-0.2, -0.15) is 0 Å². The van der Waals surface area contributed by atoms with Crippen LogP contribution in [0.2, 0.25) is 0 Å². The molecule has 0 spiro atoms. The number of ether oxygens (including phenoxy) is 1. The molecule has 0 aliphatic heterocycles. The number of hydrogen-bond donors (Lipinski definition) is 2. The number of carbonyl (C=O) groups excluding carboxylic acids is 1. The maximum atomic E-state index is 12.1. The summed E-state index contributed by atoms with van der Waals surface area (Å²) in [6, 6.07) is 13.1. The van der Waals surface area contributed by atoms with Crippen LogP contribution in [0, 0.1) is 0 Å². The van der Waals surface area contributed by atoms with Crippen LogP contribution in [0.4, 0.5) is 5.69 Å². The average molecular weight is 349 g/mol. The van der Waals surface area contributed by atoms with Crippen molar-refractivity contribution >= 4 is 27.5 Å². The monoisotopic (exact) mass is 348 g/mol. The Kier molecular flexibility index (Phi) is 5.36. The average Bonchev–Trinajstić information content (AvgIpc) is 2.48. The second-order valence-corrected chi connectivity index (χ2v) is 5.53. The number of nitrogen functional groups attached to an aromatic ring is 1. The van der Waals surface area contributed by atoms with E-state index in [1.807, 2.05) is 24.3 Å². The van der Waals surface area contributed by atoms with Gasteiger partial charge in [0, 0.05) is 29.4 Å². The lowest BCUT2D eigenvalue weighted by molar-refractivity contribution is 0.0951. The zero-order chi connectivity index (χ0) is 15.2. The van der Waals surface area contributed by atoms with Crippen molar-refractivity contribution < 1.29 is 9.53 Å². The van der Waals surface area contributed by atoms with Crippen molar-refractivity contribution in [2.75, 3.05) is 12.8 Å². The second kappa shape index (κ2) is 7.24. The first-order valence-electron chi connectivity index (χ1n) is 6.50. The summed E-state index contributed by atoms with van der Waals surface area (Å²) in [5.74, 6) is -0.147. The Labute approximate surface area is 132 Å². The van der Waals surface area contributed by atoms with E-state index in [9.17, 15) is 4.79 Å². The summed E-state index contributed by atoms with van der Waals surface area (Å²) in [4.78, 5) is 12.1. The van der Waals surface area contributed by atoms with E-state index < -0.39 is 0 Å². The van der Waals surface area contributed by atoms with Crippen molar-refractivity contribution in [1.82, 2.24) is 5.32 Å². The van der Waals surface area contributed by atoms with Crippen LogP contribution in [0.15, 0.2) is 46.9 Å². The van der Waals surface area contributed by atoms with Crippen molar-refractivity contribution in [3.63, 3.8) is 0 Å². The highest BCUT2D eigenvalue weighted by atomic mass is 79.9. The normalized spacial score (nSPS) is 10.4. The van der Waals surface area contributed by atoms with Gasteiger partial charge in [-0.3, -0.25) is 4.79 Å². The van der Waals surface area contributed by atoms with E-state index in [1.165, 1.54) is 0 Å². The summed E-state index contributed by atoms with van der Waals surface area (Å²) < 4.78 is 5.88. The Morgan fingerprint density at radius 3 is 2.71 bits per heavy atom. The van der Waals surface area contributed by atoms with Gasteiger partial charge in [0.1, 0.15) is 0 Å². The van der Waals surface area contributed by atoms with Gasteiger partial charge in [0.05, 0.1) is 6.61 Å². The molecule has 3 N–H and O–H groups in total. The number of anilines is 1. The maximum Gasteiger partial charge on any atom is 0.251 e. The van der Waals surface area contributed by atoms with E-state index >= 15 is 0 Å².